The van der Waals surface area contributed by atoms with E-state index >= 15 is 0 Å². The van der Waals surface area contributed by atoms with Crippen LogP contribution < -0.4 is 0 Å². The van der Waals surface area contributed by atoms with E-state index in [1.54, 1.807) is 42.3 Å². The Bertz CT molecular complexity index is 571. The number of sulfone groups is 1. The lowest BCUT2D eigenvalue weighted by atomic mass is 10.1. The Kier molecular flexibility index (Phi) is 5.36. The first kappa shape index (κ1) is 16.0. The van der Waals surface area contributed by atoms with Gasteiger partial charge in [-0.25, -0.2) is 8.42 Å². The third-order valence-corrected chi connectivity index (χ3v) is 5.46. The number of likely N-dealkylation sites (tertiary alicyclic amines) is 1. The maximum absolute atomic E-state index is 12.1. The first-order valence-electron chi connectivity index (χ1n) is 7.07. The molecule has 1 aliphatic heterocycles. The monoisotopic (exact) mass is 311 g/mol. The molecule has 0 spiro atoms. The lowest BCUT2D eigenvalue weighted by molar-refractivity contribution is -0.129. The maximum Gasteiger partial charge on any atom is 0.223 e. The summed E-state index contributed by atoms with van der Waals surface area (Å²) in [5.74, 6) is 0.138. The summed E-state index contributed by atoms with van der Waals surface area (Å²) in [6.07, 6.45) is 0.960. The van der Waals surface area contributed by atoms with E-state index in [0.29, 0.717) is 25.6 Å². The zero-order valence-electron chi connectivity index (χ0n) is 12.2. The highest BCUT2D eigenvalue weighted by atomic mass is 32.2. The van der Waals surface area contributed by atoms with E-state index in [0.717, 1.165) is 6.42 Å². The van der Waals surface area contributed by atoms with Gasteiger partial charge in [0.05, 0.1) is 17.3 Å². The molecule has 1 heterocycles. The maximum atomic E-state index is 12.1. The van der Waals surface area contributed by atoms with E-state index in [1.807, 2.05) is 0 Å². The number of carbonyl (C=O) groups is 1. The lowest BCUT2D eigenvalue weighted by Gasteiger charge is -2.16. The average Bonchev–Trinajstić information content (AvgIpc) is 2.95. The minimum atomic E-state index is -3.38. The fraction of sp³-hybridized carbons (Fsp3) is 0.533. The number of benzene rings is 1. The van der Waals surface area contributed by atoms with E-state index in [9.17, 15) is 13.2 Å². The van der Waals surface area contributed by atoms with Crippen LogP contribution in [0.4, 0.5) is 0 Å². The molecule has 0 unspecified atom stereocenters. The van der Waals surface area contributed by atoms with Crippen molar-refractivity contribution in [2.24, 2.45) is 5.92 Å². The summed E-state index contributed by atoms with van der Waals surface area (Å²) >= 11 is 0. The summed E-state index contributed by atoms with van der Waals surface area (Å²) in [6, 6.07) is 8.26. The van der Waals surface area contributed by atoms with Gasteiger partial charge in [-0.05, 0) is 18.6 Å². The molecule has 0 saturated carbocycles. The van der Waals surface area contributed by atoms with Crippen molar-refractivity contribution in [1.82, 2.24) is 4.90 Å². The van der Waals surface area contributed by atoms with Crippen LogP contribution in [0.25, 0.3) is 0 Å². The minimum Gasteiger partial charge on any atom is -0.384 e. The van der Waals surface area contributed by atoms with Crippen molar-refractivity contribution in [3.63, 3.8) is 0 Å². The summed E-state index contributed by atoms with van der Waals surface area (Å²) in [4.78, 5) is 14.1. The van der Waals surface area contributed by atoms with Crippen LogP contribution in [0.5, 0.6) is 0 Å². The molecule has 0 radical (unpaired) electrons. The second-order valence-electron chi connectivity index (χ2n) is 5.33. The summed E-state index contributed by atoms with van der Waals surface area (Å²) in [7, 11) is -1.73. The number of nitrogens with zero attached hydrogens (tertiary/aromatic N) is 1. The van der Waals surface area contributed by atoms with Gasteiger partial charge in [0.1, 0.15) is 0 Å². The quantitative estimate of drug-likeness (QED) is 0.795. The van der Waals surface area contributed by atoms with Crippen molar-refractivity contribution in [1.29, 1.82) is 0 Å². The van der Waals surface area contributed by atoms with E-state index in [1.165, 1.54) is 0 Å². The fourth-order valence-corrected chi connectivity index (χ4v) is 3.81. The topological polar surface area (TPSA) is 63.7 Å². The van der Waals surface area contributed by atoms with Crippen LogP contribution >= 0.6 is 0 Å². The van der Waals surface area contributed by atoms with Crippen LogP contribution in [0.15, 0.2) is 35.2 Å². The van der Waals surface area contributed by atoms with Crippen LogP contribution in [0.3, 0.4) is 0 Å². The first-order chi connectivity index (χ1) is 10.0. The molecule has 0 aliphatic carbocycles. The lowest BCUT2D eigenvalue weighted by Crippen LogP contribution is -2.30. The van der Waals surface area contributed by atoms with E-state index < -0.39 is 9.84 Å². The molecule has 0 aromatic heterocycles. The highest BCUT2D eigenvalue weighted by molar-refractivity contribution is 7.91. The summed E-state index contributed by atoms with van der Waals surface area (Å²) in [5, 5.41) is 0. The number of methoxy groups -OCH3 is 1. The number of carbonyl (C=O) groups excluding carboxylic acids is 1. The molecule has 116 valence electrons. The number of ether oxygens (including phenoxy) is 1. The standard InChI is InChI=1S/C15H21NO4S/c1-20-12-13-7-9-16(11-13)15(17)8-10-21(18,19)14-5-3-2-4-6-14/h2-6,13H,7-12H2,1H3/t13-/m0/s1. The van der Waals surface area contributed by atoms with Gasteiger partial charge >= 0.3 is 0 Å². The molecule has 1 aromatic rings. The Hall–Kier alpha value is -1.40. The number of hydrogen-bond acceptors (Lipinski definition) is 4. The van der Waals surface area contributed by atoms with Crippen LogP contribution in [0.1, 0.15) is 12.8 Å². The Morgan fingerprint density at radius 3 is 2.71 bits per heavy atom. The molecule has 1 fully saturated rings. The molecule has 2 rings (SSSR count). The Morgan fingerprint density at radius 1 is 1.33 bits per heavy atom. The number of amides is 1. The molecule has 1 atom stereocenters. The zero-order chi connectivity index (χ0) is 15.3. The highest BCUT2D eigenvalue weighted by Gasteiger charge is 2.27. The van der Waals surface area contributed by atoms with Gasteiger partial charge in [0.15, 0.2) is 9.84 Å². The second kappa shape index (κ2) is 7.04. The fourth-order valence-electron chi connectivity index (χ4n) is 2.56. The average molecular weight is 311 g/mol. The molecule has 0 bridgehead atoms. The van der Waals surface area contributed by atoms with Gasteiger partial charge in [0.25, 0.3) is 0 Å². The molecule has 21 heavy (non-hydrogen) atoms. The van der Waals surface area contributed by atoms with Crippen molar-refractivity contribution >= 4 is 15.7 Å². The van der Waals surface area contributed by atoms with Gasteiger partial charge < -0.3 is 9.64 Å². The minimum absolute atomic E-state index is 0.0386. The Labute approximate surface area is 125 Å². The molecule has 5 nitrogen and oxygen atoms in total. The first-order valence-corrected chi connectivity index (χ1v) is 8.72. The van der Waals surface area contributed by atoms with Crippen molar-refractivity contribution in [3.05, 3.63) is 30.3 Å². The van der Waals surface area contributed by atoms with E-state index in [2.05, 4.69) is 0 Å². The van der Waals surface area contributed by atoms with Gasteiger partial charge in [0.2, 0.25) is 5.91 Å². The third kappa shape index (κ3) is 4.28. The zero-order valence-corrected chi connectivity index (χ0v) is 13.0. The van der Waals surface area contributed by atoms with Crippen LogP contribution in [0, 0.1) is 5.92 Å². The normalized spacial score (nSPS) is 18.9. The van der Waals surface area contributed by atoms with Crippen LogP contribution in [-0.2, 0) is 19.4 Å². The molecule has 6 heteroatoms. The molecule has 1 aromatic carbocycles. The Morgan fingerprint density at radius 2 is 2.05 bits per heavy atom. The molecule has 1 saturated heterocycles. The number of hydrogen-bond donors (Lipinski definition) is 0. The van der Waals surface area contributed by atoms with Crippen molar-refractivity contribution in [2.75, 3.05) is 32.6 Å². The molecular weight excluding hydrogens is 290 g/mol. The van der Waals surface area contributed by atoms with Crippen molar-refractivity contribution in [3.8, 4) is 0 Å². The SMILES string of the molecule is COC[C@H]1CCN(C(=O)CCS(=O)(=O)c2ccccc2)C1. The van der Waals surface area contributed by atoms with Gasteiger partial charge in [0, 0.05) is 32.5 Å². The highest BCUT2D eigenvalue weighted by Crippen LogP contribution is 2.18. The molecule has 1 aliphatic rings. The van der Waals surface area contributed by atoms with E-state index in [4.69, 9.17) is 4.74 Å². The predicted octanol–water partition coefficient (Wildman–Crippen LogP) is 1.35. The van der Waals surface area contributed by atoms with Gasteiger partial charge in [-0.3, -0.25) is 4.79 Å². The van der Waals surface area contributed by atoms with Crippen molar-refractivity contribution in [2.45, 2.75) is 17.7 Å². The van der Waals surface area contributed by atoms with Crippen molar-refractivity contribution < 1.29 is 17.9 Å². The molecule has 0 N–H and O–H groups in total. The summed E-state index contributed by atoms with van der Waals surface area (Å²) < 4.78 is 29.3. The summed E-state index contributed by atoms with van der Waals surface area (Å²) in [6.45, 7) is 2.00. The van der Waals surface area contributed by atoms with Gasteiger partial charge in [-0.1, -0.05) is 18.2 Å². The predicted molar refractivity (Wildman–Crippen MR) is 79.7 cm³/mol. The number of rotatable bonds is 6. The van der Waals surface area contributed by atoms with Crippen LogP contribution in [0.2, 0.25) is 0 Å². The largest absolute Gasteiger partial charge is 0.384 e. The van der Waals surface area contributed by atoms with Gasteiger partial charge in [-0.2, -0.15) is 0 Å². The molecular formula is C15H21NO4S. The van der Waals surface area contributed by atoms with E-state index in [-0.39, 0.29) is 23.0 Å². The summed E-state index contributed by atoms with van der Waals surface area (Å²) in [5.41, 5.74) is 0. The smallest absolute Gasteiger partial charge is 0.223 e. The Balaban J connectivity index is 1.87. The van der Waals surface area contributed by atoms with Crippen LogP contribution in [-0.4, -0.2) is 51.8 Å². The second-order valence-corrected chi connectivity index (χ2v) is 7.44. The molecule has 1 amide bonds. The third-order valence-electron chi connectivity index (χ3n) is 3.73. The van der Waals surface area contributed by atoms with Gasteiger partial charge in [-0.15, -0.1) is 0 Å².